The van der Waals surface area contributed by atoms with Gasteiger partial charge >= 0.3 is 0 Å². The lowest BCUT2D eigenvalue weighted by Crippen LogP contribution is -2.21. The molecule has 0 amide bonds. The fourth-order valence-corrected chi connectivity index (χ4v) is 1.54. The summed E-state index contributed by atoms with van der Waals surface area (Å²) < 4.78 is 10.3. The first-order chi connectivity index (χ1) is 7.09. The SMILES string of the molecule is CCC(C)(CC)CCC(O)OCC1CO1. The number of epoxide rings is 1. The lowest BCUT2D eigenvalue weighted by molar-refractivity contribution is -0.111. The first-order valence-corrected chi connectivity index (χ1v) is 6.01. The highest BCUT2D eigenvalue weighted by Gasteiger charge is 2.25. The van der Waals surface area contributed by atoms with Crippen LogP contribution in [-0.4, -0.2) is 30.7 Å². The van der Waals surface area contributed by atoms with Crippen LogP contribution in [-0.2, 0) is 9.47 Å². The summed E-state index contributed by atoms with van der Waals surface area (Å²) in [5.74, 6) is 0. The van der Waals surface area contributed by atoms with Gasteiger partial charge in [-0.25, -0.2) is 0 Å². The Morgan fingerprint density at radius 3 is 2.53 bits per heavy atom. The van der Waals surface area contributed by atoms with E-state index in [2.05, 4.69) is 20.8 Å². The Kier molecular flexibility index (Phi) is 5.03. The zero-order chi connectivity index (χ0) is 11.3. The van der Waals surface area contributed by atoms with Gasteiger partial charge in [0, 0.05) is 0 Å². The molecule has 0 radical (unpaired) electrons. The summed E-state index contributed by atoms with van der Waals surface area (Å²) >= 11 is 0. The molecule has 1 N–H and O–H groups in total. The highest BCUT2D eigenvalue weighted by atomic mass is 16.6. The van der Waals surface area contributed by atoms with Gasteiger partial charge in [-0.05, 0) is 18.3 Å². The van der Waals surface area contributed by atoms with E-state index in [4.69, 9.17) is 9.47 Å². The van der Waals surface area contributed by atoms with Crippen molar-refractivity contribution in [3.05, 3.63) is 0 Å². The fraction of sp³-hybridized carbons (Fsp3) is 1.00. The maximum absolute atomic E-state index is 9.60. The number of aliphatic hydroxyl groups is 1. The van der Waals surface area contributed by atoms with Crippen molar-refractivity contribution in [1.29, 1.82) is 0 Å². The Labute approximate surface area is 92.8 Å². The summed E-state index contributed by atoms with van der Waals surface area (Å²) in [6, 6.07) is 0. The van der Waals surface area contributed by atoms with Crippen molar-refractivity contribution < 1.29 is 14.6 Å². The summed E-state index contributed by atoms with van der Waals surface area (Å²) in [7, 11) is 0. The maximum atomic E-state index is 9.60. The topological polar surface area (TPSA) is 42.0 Å². The molecule has 0 saturated carbocycles. The zero-order valence-electron chi connectivity index (χ0n) is 10.2. The summed E-state index contributed by atoms with van der Waals surface area (Å²) in [4.78, 5) is 0. The molecule has 3 nitrogen and oxygen atoms in total. The molecule has 15 heavy (non-hydrogen) atoms. The minimum atomic E-state index is -0.619. The molecule has 1 rings (SSSR count). The number of hydrogen-bond acceptors (Lipinski definition) is 3. The van der Waals surface area contributed by atoms with Gasteiger partial charge in [-0.3, -0.25) is 0 Å². The van der Waals surface area contributed by atoms with E-state index in [1.54, 1.807) is 0 Å². The van der Waals surface area contributed by atoms with Crippen molar-refractivity contribution in [3.8, 4) is 0 Å². The van der Waals surface area contributed by atoms with Gasteiger partial charge in [0.15, 0.2) is 6.29 Å². The lowest BCUT2D eigenvalue weighted by atomic mass is 9.80. The molecule has 1 fully saturated rings. The molecule has 1 aliphatic rings. The predicted octanol–water partition coefficient (Wildman–Crippen LogP) is 2.33. The van der Waals surface area contributed by atoms with E-state index in [9.17, 15) is 5.11 Å². The van der Waals surface area contributed by atoms with Crippen molar-refractivity contribution in [1.82, 2.24) is 0 Å². The van der Waals surface area contributed by atoms with Gasteiger partial charge in [0.05, 0.1) is 13.2 Å². The lowest BCUT2D eigenvalue weighted by Gasteiger charge is -2.27. The normalized spacial score (nSPS) is 22.8. The number of hydrogen-bond donors (Lipinski definition) is 1. The molecule has 1 aliphatic heterocycles. The first-order valence-electron chi connectivity index (χ1n) is 6.01. The average Bonchev–Trinajstić information content (AvgIpc) is 3.07. The molecular formula is C12H24O3. The van der Waals surface area contributed by atoms with Gasteiger partial charge in [0.1, 0.15) is 6.10 Å². The minimum Gasteiger partial charge on any atom is -0.371 e. The summed E-state index contributed by atoms with van der Waals surface area (Å²) in [5, 5.41) is 9.60. The monoisotopic (exact) mass is 216 g/mol. The molecule has 0 aromatic carbocycles. The summed E-state index contributed by atoms with van der Waals surface area (Å²) in [5.41, 5.74) is 0.348. The van der Waals surface area contributed by atoms with E-state index in [1.807, 2.05) is 0 Å². The van der Waals surface area contributed by atoms with Crippen LogP contribution in [0.3, 0.4) is 0 Å². The summed E-state index contributed by atoms with van der Waals surface area (Å²) in [6.07, 6.45) is 3.68. The minimum absolute atomic E-state index is 0.239. The Morgan fingerprint density at radius 2 is 2.07 bits per heavy atom. The third kappa shape index (κ3) is 4.96. The van der Waals surface area contributed by atoms with Crippen LogP contribution in [0.2, 0.25) is 0 Å². The Hall–Kier alpha value is -0.120. The largest absolute Gasteiger partial charge is 0.371 e. The van der Waals surface area contributed by atoms with Crippen LogP contribution in [0.1, 0.15) is 46.5 Å². The van der Waals surface area contributed by atoms with Crippen LogP contribution in [0.4, 0.5) is 0 Å². The fourth-order valence-electron chi connectivity index (χ4n) is 1.54. The third-order valence-electron chi connectivity index (χ3n) is 3.58. The molecule has 2 atom stereocenters. The molecule has 1 saturated heterocycles. The maximum Gasteiger partial charge on any atom is 0.154 e. The van der Waals surface area contributed by atoms with E-state index in [1.165, 1.54) is 0 Å². The number of ether oxygens (including phenoxy) is 2. The molecule has 3 heteroatoms. The van der Waals surface area contributed by atoms with Crippen LogP contribution in [0.25, 0.3) is 0 Å². The van der Waals surface area contributed by atoms with Crippen LogP contribution < -0.4 is 0 Å². The van der Waals surface area contributed by atoms with E-state index in [0.29, 0.717) is 12.0 Å². The standard InChI is InChI=1S/C12H24O3/c1-4-12(3,5-2)7-6-11(13)15-9-10-8-14-10/h10-11,13H,4-9H2,1-3H3. The summed E-state index contributed by atoms with van der Waals surface area (Å²) in [6.45, 7) is 8.00. The Morgan fingerprint density at radius 1 is 1.47 bits per heavy atom. The van der Waals surface area contributed by atoms with Crippen LogP contribution in [0, 0.1) is 5.41 Å². The molecule has 0 bridgehead atoms. The van der Waals surface area contributed by atoms with Gasteiger partial charge in [-0.2, -0.15) is 0 Å². The van der Waals surface area contributed by atoms with Crippen LogP contribution in [0.15, 0.2) is 0 Å². The van der Waals surface area contributed by atoms with E-state index >= 15 is 0 Å². The van der Waals surface area contributed by atoms with E-state index in [-0.39, 0.29) is 6.10 Å². The average molecular weight is 216 g/mol. The van der Waals surface area contributed by atoms with Crippen molar-refractivity contribution in [2.45, 2.75) is 58.8 Å². The van der Waals surface area contributed by atoms with Gasteiger partial charge in [0.2, 0.25) is 0 Å². The van der Waals surface area contributed by atoms with Gasteiger partial charge in [0.25, 0.3) is 0 Å². The van der Waals surface area contributed by atoms with Crippen molar-refractivity contribution >= 4 is 0 Å². The van der Waals surface area contributed by atoms with Gasteiger partial charge in [-0.15, -0.1) is 0 Å². The Bertz CT molecular complexity index is 174. The molecular weight excluding hydrogens is 192 g/mol. The molecule has 0 aromatic rings. The van der Waals surface area contributed by atoms with Crippen molar-refractivity contribution in [2.75, 3.05) is 13.2 Å². The van der Waals surface area contributed by atoms with E-state index < -0.39 is 6.29 Å². The predicted molar refractivity (Wildman–Crippen MR) is 59.6 cm³/mol. The molecule has 0 aromatic heterocycles. The number of rotatable bonds is 8. The zero-order valence-corrected chi connectivity index (χ0v) is 10.2. The molecule has 0 aliphatic carbocycles. The quantitative estimate of drug-likeness (QED) is 0.500. The highest BCUT2D eigenvalue weighted by molar-refractivity contribution is 4.72. The van der Waals surface area contributed by atoms with Crippen LogP contribution in [0.5, 0.6) is 0 Å². The van der Waals surface area contributed by atoms with Crippen molar-refractivity contribution in [2.24, 2.45) is 5.41 Å². The molecule has 1 heterocycles. The third-order valence-corrected chi connectivity index (χ3v) is 3.58. The molecule has 0 spiro atoms. The van der Waals surface area contributed by atoms with Gasteiger partial charge in [-0.1, -0.05) is 33.6 Å². The Balaban J connectivity index is 2.10. The molecule has 2 unspecified atom stereocenters. The van der Waals surface area contributed by atoms with Crippen molar-refractivity contribution in [3.63, 3.8) is 0 Å². The second kappa shape index (κ2) is 5.83. The highest BCUT2D eigenvalue weighted by Crippen LogP contribution is 2.31. The van der Waals surface area contributed by atoms with E-state index in [0.717, 1.165) is 32.3 Å². The van der Waals surface area contributed by atoms with Crippen LogP contribution >= 0.6 is 0 Å². The first kappa shape index (κ1) is 12.9. The second-order valence-electron chi connectivity index (χ2n) is 4.80. The second-order valence-corrected chi connectivity index (χ2v) is 4.80. The smallest absolute Gasteiger partial charge is 0.154 e. The number of aliphatic hydroxyl groups excluding tert-OH is 1. The van der Waals surface area contributed by atoms with Gasteiger partial charge < -0.3 is 14.6 Å². The molecule has 90 valence electrons.